The summed E-state index contributed by atoms with van der Waals surface area (Å²) in [6, 6.07) is 16.4. The zero-order valence-corrected chi connectivity index (χ0v) is 21.5. The summed E-state index contributed by atoms with van der Waals surface area (Å²) in [5.41, 5.74) is 3.66. The van der Waals surface area contributed by atoms with Crippen molar-refractivity contribution in [2.24, 2.45) is 5.92 Å². The summed E-state index contributed by atoms with van der Waals surface area (Å²) in [6.07, 6.45) is 8.14. The molecule has 0 aliphatic heterocycles. The van der Waals surface area contributed by atoms with Crippen molar-refractivity contribution in [2.45, 2.75) is 77.6 Å². The van der Waals surface area contributed by atoms with Crippen LogP contribution in [0.2, 0.25) is 0 Å². The average Bonchev–Trinajstić information content (AvgIpc) is 2.89. The second kappa shape index (κ2) is 12.5. The first kappa shape index (κ1) is 26.3. The van der Waals surface area contributed by atoms with Crippen LogP contribution in [0.3, 0.4) is 0 Å². The van der Waals surface area contributed by atoms with E-state index in [-0.39, 0.29) is 17.5 Å². The number of hydrogen-bond donors (Lipinski definition) is 0. The van der Waals surface area contributed by atoms with Crippen LogP contribution >= 0.6 is 0 Å². The maximum atomic E-state index is 14.9. The zero-order valence-electron chi connectivity index (χ0n) is 21.5. The molecule has 0 heterocycles. The van der Waals surface area contributed by atoms with E-state index in [1.54, 1.807) is 18.2 Å². The Bertz CT molecular complexity index is 1130. The lowest BCUT2D eigenvalue weighted by molar-refractivity contribution is 0.291. The summed E-state index contributed by atoms with van der Waals surface area (Å²) >= 11 is 0. The van der Waals surface area contributed by atoms with Gasteiger partial charge in [0.05, 0.1) is 6.61 Å². The van der Waals surface area contributed by atoms with Crippen molar-refractivity contribution in [2.75, 3.05) is 6.61 Å². The Kier molecular flexibility index (Phi) is 9.12. The van der Waals surface area contributed by atoms with Crippen LogP contribution in [0.4, 0.5) is 13.2 Å². The van der Waals surface area contributed by atoms with E-state index >= 15 is 0 Å². The lowest BCUT2D eigenvalue weighted by atomic mass is 9.79. The van der Waals surface area contributed by atoms with Crippen molar-refractivity contribution in [3.05, 3.63) is 88.7 Å². The van der Waals surface area contributed by atoms with Crippen molar-refractivity contribution in [1.82, 2.24) is 0 Å². The second-order valence-electron chi connectivity index (χ2n) is 10.3. The Balaban J connectivity index is 1.36. The van der Waals surface area contributed by atoms with Gasteiger partial charge >= 0.3 is 0 Å². The van der Waals surface area contributed by atoms with Crippen LogP contribution in [0.5, 0.6) is 5.75 Å². The largest absolute Gasteiger partial charge is 0.491 e. The topological polar surface area (TPSA) is 9.23 Å². The van der Waals surface area contributed by atoms with Crippen LogP contribution in [0.15, 0.2) is 54.6 Å². The Morgan fingerprint density at radius 2 is 1.50 bits per heavy atom. The number of halogens is 3. The number of unbranched alkanes of at least 4 members (excludes halogenated alkanes) is 2. The van der Waals surface area contributed by atoms with Crippen LogP contribution in [-0.2, 0) is 12.8 Å². The molecule has 0 atom stereocenters. The van der Waals surface area contributed by atoms with Crippen molar-refractivity contribution < 1.29 is 17.9 Å². The normalized spacial score (nSPS) is 17.8. The molecule has 0 radical (unpaired) electrons. The summed E-state index contributed by atoms with van der Waals surface area (Å²) in [5, 5.41) is 0. The van der Waals surface area contributed by atoms with Crippen LogP contribution in [0.25, 0.3) is 11.1 Å². The minimum atomic E-state index is -0.699. The summed E-state index contributed by atoms with van der Waals surface area (Å²) in [7, 11) is 0. The Morgan fingerprint density at radius 1 is 0.778 bits per heavy atom. The van der Waals surface area contributed by atoms with Gasteiger partial charge in [0.25, 0.3) is 0 Å². The van der Waals surface area contributed by atoms with Gasteiger partial charge in [-0.15, -0.1) is 0 Å². The van der Waals surface area contributed by atoms with Gasteiger partial charge in [-0.1, -0.05) is 82.0 Å². The molecule has 1 saturated carbocycles. The number of hydrogen-bond acceptors (Lipinski definition) is 1. The highest BCUT2D eigenvalue weighted by Crippen LogP contribution is 2.37. The van der Waals surface area contributed by atoms with Crippen LogP contribution in [-0.4, -0.2) is 6.61 Å². The second-order valence-corrected chi connectivity index (χ2v) is 10.3. The maximum Gasteiger partial charge on any atom is 0.165 e. The molecule has 3 aromatic carbocycles. The Hall–Kier alpha value is -2.75. The fraction of sp³-hybridized carbons (Fsp3) is 0.438. The molecule has 0 unspecified atom stereocenters. The molecule has 3 aromatic rings. The number of ether oxygens (including phenoxy) is 1. The molecule has 4 rings (SSSR count). The molecule has 0 amide bonds. The molecular weight excluding hydrogens is 457 g/mol. The first-order valence-electron chi connectivity index (χ1n) is 13.4. The third-order valence-electron chi connectivity index (χ3n) is 7.56. The first-order chi connectivity index (χ1) is 17.5. The molecule has 1 aliphatic carbocycles. The minimum absolute atomic E-state index is 0.129. The Labute approximate surface area is 213 Å². The third kappa shape index (κ3) is 6.52. The number of rotatable bonds is 10. The van der Waals surface area contributed by atoms with E-state index in [1.807, 2.05) is 30.3 Å². The number of aryl methyl sites for hydroxylation is 2. The summed E-state index contributed by atoms with van der Waals surface area (Å²) in [4.78, 5) is 0. The SMILES string of the molecule is CCCCCOc1ccc(-c2ccc(CCc3ccc(C4CCC(C)CC4)c(F)c3F)cc2)cc1F. The fourth-order valence-electron chi connectivity index (χ4n) is 5.16. The van der Waals surface area contributed by atoms with Crippen molar-refractivity contribution >= 4 is 0 Å². The molecule has 1 fully saturated rings. The lowest BCUT2D eigenvalue weighted by Gasteiger charge is -2.27. The van der Waals surface area contributed by atoms with E-state index in [1.165, 1.54) is 6.07 Å². The van der Waals surface area contributed by atoms with Gasteiger partial charge in [-0.3, -0.25) is 0 Å². The van der Waals surface area contributed by atoms with E-state index in [0.29, 0.717) is 36.5 Å². The molecule has 0 bridgehead atoms. The predicted molar refractivity (Wildman–Crippen MR) is 141 cm³/mol. The third-order valence-corrected chi connectivity index (χ3v) is 7.56. The highest BCUT2D eigenvalue weighted by atomic mass is 19.2. The maximum absolute atomic E-state index is 14.9. The molecule has 1 aliphatic rings. The van der Waals surface area contributed by atoms with Crippen LogP contribution in [0, 0.1) is 23.4 Å². The standard InChI is InChI=1S/C32H37F3O/c1-3-4-5-20-36-30-19-17-27(21-29(30)33)24-13-8-23(9-14-24)10-15-26-16-18-28(32(35)31(26)34)25-11-6-22(2)7-12-25/h8-9,13-14,16-19,21-22,25H,3-7,10-12,15,20H2,1-2H3. The van der Waals surface area contributed by atoms with E-state index < -0.39 is 11.6 Å². The molecule has 192 valence electrons. The van der Waals surface area contributed by atoms with E-state index in [9.17, 15) is 13.2 Å². The smallest absolute Gasteiger partial charge is 0.165 e. The molecular formula is C32H37F3O. The van der Waals surface area contributed by atoms with Crippen LogP contribution in [0.1, 0.15) is 81.4 Å². The highest BCUT2D eigenvalue weighted by Gasteiger charge is 2.24. The van der Waals surface area contributed by atoms with Gasteiger partial charge in [0.15, 0.2) is 23.2 Å². The van der Waals surface area contributed by atoms with Crippen molar-refractivity contribution in [3.8, 4) is 16.9 Å². The molecule has 4 heteroatoms. The Morgan fingerprint density at radius 3 is 2.19 bits per heavy atom. The quantitative estimate of drug-likeness (QED) is 0.255. The van der Waals surface area contributed by atoms with Gasteiger partial charge in [0.1, 0.15) is 0 Å². The summed E-state index contributed by atoms with van der Waals surface area (Å²) < 4.78 is 49.7. The molecule has 0 N–H and O–H groups in total. The van der Waals surface area contributed by atoms with E-state index in [4.69, 9.17) is 4.74 Å². The van der Waals surface area contributed by atoms with Gasteiger partial charge < -0.3 is 4.74 Å². The monoisotopic (exact) mass is 494 g/mol. The van der Waals surface area contributed by atoms with Gasteiger partial charge in [0, 0.05) is 0 Å². The van der Waals surface area contributed by atoms with Gasteiger partial charge in [-0.05, 0) is 83.9 Å². The molecule has 0 spiro atoms. The summed E-state index contributed by atoms with van der Waals surface area (Å²) in [6.45, 7) is 4.86. The van der Waals surface area contributed by atoms with Crippen molar-refractivity contribution in [1.29, 1.82) is 0 Å². The number of benzene rings is 3. The first-order valence-corrected chi connectivity index (χ1v) is 13.4. The molecule has 1 nitrogen and oxygen atoms in total. The van der Waals surface area contributed by atoms with Gasteiger partial charge in [0.2, 0.25) is 0 Å². The lowest BCUT2D eigenvalue weighted by Crippen LogP contribution is -2.13. The molecule has 36 heavy (non-hydrogen) atoms. The van der Waals surface area contributed by atoms with Crippen molar-refractivity contribution in [3.63, 3.8) is 0 Å². The highest BCUT2D eigenvalue weighted by molar-refractivity contribution is 5.64. The van der Waals surface area contributed by atoms with E-state index in [0.717, 1.165) is 61.6 Å². The summed E-state index contributed by atoms with van der Waals surface area (Å²) in [5.74, 6) is -0.643. The van der Waals surface area contributed by atoms with E-state index in [2.05, 4.69) is 13.8 Å². The van der Waals surface area contributed by atoms with Gasteiger partial charge in [-0.2, -0.15) is 0 Å². The molecule has 0 saturated heterocycles. The predicted octanol–water partition coefficient (Wildman–Crippen LogP) is 9.42. The minimum Gasteiger partial charge on any atom is -0.491 e. The van der Waals surface area contributed by atoms with Crippen LogP contribution < -0.4 is 4.74 Å². The van der Waals surface area contributed by atoms with Gasteiger partial charge in [-0.25, -0.2) is 13.2 Å². The fourth-order valence-corrected chi connectivity index (χ4v) is 5.16. The zero-order chi connectivity index (χ0) is 25.5. The average molecular weight is 495 g/mol. The molecule has 0 aromatic heterocycles.